The largest absolute Gasteiger partial charge is 0.449 e. The number of nitrogens with one attached hydrogen (secondary N) is 2. The summed E-state index contributed by atoms with van der Waals surface area (Å²) in [6, 6.07) is 23.3. The lowest BCUT2D eigenvalue weighted by Gasteiger charge is -2.23. The van der Waals surface area contributed by atoms with Gasteiger partial charge in [0, 0.05) is 36.5 Å². The maximum absolute atomic E-state index is 13.0. The van der Waals surface area contributed by atoms with Gasteiger partial charge in [-0.15, -0.1) is 0 Å². The number of H-pyrrole nitrogens is 1. The minimum atomic E-state index is -0.852. The van der Waals surface area contributed by atoms with Crippen molar-refractivity contribution < 1.29 is 19.2 Å². The summed E-state index contributed by atoms with van der Waals surface area (Å²) in [5.74, 6) is -0.427. The highest BCUT2D eigenvalue weighted by atomic mass is 16.7. The summed E-state index contributed by atoms with van der Waals surface area (Å²) in [6.45, 7) is 0.175. The lowest BCUT2D eigenvalue weighted by Crippen LogP contribution is -2.48. The van der Waals surface area contributed by atoms with Crippen molar-refractivity contribution in [3.8, 4) is 11.1 Å². The number of para-hydroxylation sites is 1. The number of likely N-dealkylation sites (N-methyl/N-ethyl adjacent to an activating group) is 1. The van der Waals surface area contributed by atoms with Crippen LogP contribution in [0.15, 0.2) is 79.0 Å². The maximum atomic E-state index is 13.0. The summed E-state index contributed by atoms with van der Waals surface area (Å²) < 4.78 is 5.67. The predicted molar refractivity (Wildman–Crippen MR) is 134 cm³/mol. The summed E-state index contributed by atoms with van der Waals surface area (Å²) in [6.07, 6.45) is 1.51. The van der Waals surface area contributed by atoms with Crippen LogP contribution in [-0.2, 0) is 20.8 Å². The van der Waals surface area contributed by atoms with Gasteiger partial charge >= 0.3 is 6.09 Å². The van der Waals surface area contributed by atoms with Crippen molar-refractivity contribution in [2.24, 2.45) is 0 Å². The normalized spacial score (nSPS) is 13.2. The van der Waals surface area contributed by atoms with Crippen molar-refractivity contribution in [2.75, 3.05) is 20.8 Å². The third-order valence-corrected chi connectivity index (χ3v) is 6.62. The molecule has 0 saturated carbocycles. The lowest BCUT2D eigenvalue weighted by molar-refractivity contribution is -0.170. The number of hydroxylamine groups is 2. The van der Waals surface area contributed by atoms with Crippen molar-refractivity contribution in [3.05, 3.63) is 95.7 Å². The molecule has 2 N–H and O–H groups in total. The molecule has 0 spiro atoms. The fourth-order valence-electron chi connectivity index (χ4n) is 4.81. The van der Waals surface area contributed by atoms with E-state index in [1.165, 1.54) is 14.2 Å². The molecule has 35 heavy (non-hydrogen) atoms. The first-order valence-corrected chi connectivity index (χ1v) is 11.5. The van der Waals surface area contributed by atoms with Crippen molar-refractivity contribution in [2.45, 2.75) is 18.4 Å². The number of aromatic nitrogens is 1. The van der Waals surface area contributed by atoms with E-state index in [1.54, 1.807) is 0 Å². The highest BCUT2D eigenvalue weighted by molar-refractivity contribution is 5.88. The first-order chi connectivity index (χ1) is 17.1. The van der Waals surface area contributed by atoms with Crippen LogP contribution >= 0.6 is 0 Å². The summed E-state index contributed by atoms with van der Waals surface area (Å²) in [7, 11) is 2.93. The third-order valence-electron chi connectivity index (χ3n) is 6.62. The van der Waals surface area contributed by atoms with Crippen LogP contribution in [-0.4, -0.2) is 48.9 Å². The van der Waals surface area contributed by atoms with Gasteiger partial charge < -0.3 is 15.0 Å². The summed E-state index contributed by atoms with van der Waals surface area (Å²) in [5.41, 5.74) is 6.47. The van der Waals surface area contributed by atoms with Crippen LogP contribution < -0.4 is 5.32 Å². The van der Waals surface area contributed by atoms with Crippen LogP contribution in [0.2, 0.25) is 0 Å². The van der Waals surface area contributed by atoms with E-state index < -0.39 is 12.1 Å². The lowest BCUT2D eigenvalue weighted by atomic mass is 9.98. The maximum Gasteiger partial charge on any atom is 0.407 e. The van der Waals surface area contributed by atoms with Gasteiger partial charge in [0.25, 0.3) is 5.91 Å². The number of rotatable bonds is 7. The molecule has 5 rings (SSSR count). The molecule has 1 heterocycles. The van der Waals surface area contributed by atoms with E-state index in [2.05, 4.69) is 34.6 Å². The van der Waals surface area contributed by atoms with Gasteiger partial charge in [-0.3, -0.25) is 9.63 Å². The fourth-order valence-corrected chi connectivity index (χ4v) is 4.81. The number of hydrogen-bond acceptors (Lipinski definition) is 4. The van der Waals surface area contributed by atoms with E-state index in [-0.39, 0.29) is 18.4 Å². The second-order valence-electron chi connectivity index (χ2n) is 8.60. The highest BCUT2D eigenvalue weighted by Gasteiger charge is 2.30. The number of carbonyl (C=O) groups excluding carboxylic acids is 2. The zero-order valence-corrected chi connectivity index (χ0v) is 19.7. The van der Waals surface area contributed by atoms with Crippen LogP contribution in [0.1, 0.15) is 22.6 Å². The molecule has 7 nitrogen and oxygen atoms in total. The number of benzene rings is 3. The molecule has 0 bridgehead atoms. The molecular weight excluding hydrogens is 442 g/mol. The van der Waals surface area contributed by atoms with E-state index in [1.807, 2.05) is 54.7 Å². The van der Waals surface area contributed by atoms with E-state index in [0.29, 0.717) is 6.42 Å². The first-order valence-electron chi connectivity index (χ1n) is 11.5. The molecule has 3 aromatic carbocycles. The second kappa shape index (κ2) is 9.64. The molecule has 1 unspecified atom stereocenters. The highest BCUT2D eigenvalue weighted by Crippen LogP contribution is 2.44. The van der Waals surface area contributed by atoms with Crippen molar-refractivity contribution in [1.82, 2.24) is 15.4 Å². The Morgan fingerprint density at radius 2 is 1.60 bits per heavy atom. The standard InChI is InChI=1S/C28H27N3O4/c1-31(34-2)27(32)26(15-18-16-29-25-14-8-7-9-19(18)25)30-28(33)35-17-24-22-12-5-3-10-20(22)21-11-4-6-13-23(21)24/h3-14,16,24,26,29H,15,17H2,1-2H3,(H,30,33). The Morgan fingerprint density at radius 1 is 0.971 bits per heavy atom. The monoisotopic (exact) mass is 469 g/mol. The molecule has 0 aliphatic heterocycles. The van der Waals surface area contributed by atoms with E-state index in [4.69, 9.17) is 9.57 Å². The SMILES string of the molecule is CON(C)C(=O)C(Cc1c[nH]c2ccccc12)NC(=O)OCC1c2ccccc2-c2ccccc21. The summed E-state index contributed by atoms with van der Waals surface area (Å²) in [4.78, 5) is 34.2. The molecule has 4 aromatic rings. The summed E-state index contributed by atoms with van der Waals surface area (Å²) >= 11 is 0. The molecule has 178 valence electrons. The Bertz CT molecular complexity index is 1330. The van der Waals surface area contributed by atoms with Crippen molar-refractivity contribution >= 4 is 22.9 Å². The topological polar surface area (TPSA) is 83.7 Å². The molecule has 1 aliphatic rings. The van der Waals surface area contributed by atoms with Crippen LogP contribution in [0.4, 0.5) is 4.79 Å². The number of ether oxygens (including phenoxy) is 1. The Labute approximate surface area is 203 Å². The molecule has 1 atom stereocenters. The molecule has 0 saturated heterocycles. The van der Waals surface area contributed by atoms with Gasteiger partial charge in [0.1, 0.15) is 12.6 Å². The zero-order valence-electron chi connectivity index (χ0n) is 19.7. The minimum Gasteiger partial charge on any atom is -0.449 e. The molecule has 2 amide bonds. The Kier molecular flexibility index (Phi) is 6.25. The van der Waals surface area contributed by atoms with Gasteiger partial charge in [-0.25, -0.2) is 9.86 Å². The van der Waals surface area contributed by atoms with E-state index in [0.717, 1.165) is 43.8 Å². The minimum absolute atomic E-state index is 0.0578. The summed E-state index contributed by atoms with van der Waals surface area (Å²) in [5, 5.41) is 4.87. The molecule has 1 aromatic heterocycles. The molecule has 0 fully saturated rings. The van der Waals surface area contributed by atoms with Gasteiger partial charge in [0.05, 0.1) is 7.11 Å². The number of hydrogen-bond donors (Lipinski definition) is 2. The Balaban J connectivity index is 1.32. The quantitative estimate of drug-likeness (QED) is 0.387. The second-order valence-corrected chi connectivity index (χ2v) is 8.60. The molecule has 1 aliphatic carbocycles. The average molecular weight is 470 g/mol. The zero-order chi connectivity index (χ0) is 24.4. The molecule has 7 heteroatoms. The number of amides is 2. The number of aromatic amines is 1. The fraction of sp³-hybridized carbons (Fsp3) is 0.214. The van der Waals surface area contributed by atoms with Gasteiger partial charge in [0.2, 0.25) is 0 Å². The smallest absolute Gasteiger partial charge is 0.407 e. The third kappa shape index (κ3) is 4.38. The predicted octanol–water partition coefficient (Wildman–Crippen LogP) is 4.64. The van der Waals surface area contributed by atoms with Gasteiger partial charge in [-0.05, 0) is 33.9 Å². The molecule has 0 radical (unpaired) electrons. The molecular formula is C28H27N3O4. The van der Waals surface area contributed by atoms with Gasteiger partial charge in [-0.2, -0.15) is 0 Å². The Morgan fingerprint density at radius 3 is 2.29 bits per heavy atom. The van der Waals surface area contributed by atoms with E-state index >= 15 is 0 Å². The van der Waals surface area contributed by atoms with Crippen LogP contribution in [0.5, 0.6) is 0 Å². The number of nitrogens with zero attached hydrogens (tertiary/aromatic N) is 1. The first kappa shape index (κ1) is 22.7. The van der Waals surface area contributed by atoms with E-state index in [9.17, 15) is 9.59 Å². The van der Waals surface area contributed by atoms with Gasteiger partial charge in [-0.1, -0.05) is 66.7 Å². The average Bonchev–Trinajstić information content (AvgIpc) is 3.45. The number of alkyl carbamates (subject to hydrolysis) is 1. The number of fused-ring (bicyclic) bond motifs is 4. The van der Waals surface area contributed by atoms with Crippen LogP contribution in [0.25, 0.3) is 22.0 Å². The Hall–Kier alpha value is -4.10. The van der Waals surface area contributed by atoms with Gasteiger partial charge in [0.15, 0.2) is 0 Å². The van der Waals surface area contributed by atoms with Crippen molar-refractivity contribution in [1.29, 1.82) is 0 Å². The number of carbonyl (C=O) groups is 2. The van der Waals surface area contributed by atoms with Crippen molar-refractivity contribution in [3.63, 3.8) is 0 Å². The van der Waals surface area contributed by atoms with Crippen LogP contribution in [0, 0.1) is 0 Å². The van der Waals surface area contributed by atoms with Crippen LogP contribution in [0.3, 0.4) is 0 Å².